The van der Waals surface area contributed by atoms with Gasteiger partial charge in [0.2, 0.25) is 17.6 Å². The Labute approximate surface area is 114 Å². The Morgan fingerprint density at radius 1 is 1.40 bits per heavy atom. The molecule has 0 saturated heterocycles. The van der Waals surface area contributed by atoms with Crippen LogP contribution in [-0.4, -0.2) is 23.5 Å². The number of hydrogen-bond donors (Lipinski definition) is 2. The van der Waals surface area contributed by atoms with Crippen LogP contribution in [0.3, 0.4) is 0 Å². The molecule has 2 aromatic heterocycles. The van der Waals surface area contributed by atoms with Crippen LogP contribution in [0, 0.1) is 0 Å². The van der Waals surface area contributed by atoms with Gasteiger partial charge in [0.25, 0.3) is 0 Å². The van der Waals surface area contributed by atoms with E-state index in [1.54, 1.807) is 18.2 Å². The summed E-state index contributed by atoms with van der Waals surface area (Å²) in [7, 11) is 0. The summed E-state index contributed by atoms with van der Waals surface area (Å²) in [5.74, 6) is 0.192. The Bertz CT molecular complexity index is 640. The maximum absolute atomic E-state index is 12.1. The van der Waals surface area contributed by atoms with E-state index in [2.05, 4.69) is 10.5 Å². The fourth-order valence-electron chi connectivity index (χ4n) is 2.10. The number of amides is 2. The van der Waals surface area contributed by atoms with Crippen molar-refractivity contribution in [1.29, 1.82) is 0 Å². The molecular weight excluding hydrogens is 262 g/mol. The zero-order valence-electron chi connectivity index (χ0n) is 10.6. The molecule has 0 bridgehead atoms. The molecule has 1 fully saturated rings. The number of primary amides is 1. The normalized spacial score (nSPS) is 15.8. The lowest BCUT2D eigenvalue weighted by atomic mass is 10.0. The molecule has 2 aromatic rings. The van der Waals surface area contributed by atoms with E-state index in [1.165, 1.54) is 6.26 Å². The van der Waals surface area contributed by atoms with Crippen LogP contribution in [0.1, 0.15) is 18.5 Å². The van der Waals surface area contributed by atoms with Crippen molar-refractivity contribution < 1.29 is 18.5 Å². The number of rotatable bonds is 5. The van der Waals surface area contributed by atoms with E-state index in [0.29, 0.717) is 30.1 Å². The lowest BCUT2D eigenvalue weighted by Crippen LogP contribution is -2.39. The molecule has 7 heteroatoms. The van der Waals surface area contributed by atoms with E-state index in [0.717, 1.165) is 0 Å². The van der Waals surface area contributed by atoms with E-state index >= 15 is 0 Å². The molecule has 0 unspecified atom stereocenters. The highest BCUT2D eigenvalue weighted by molar-refractivity contribution is 5.93. The van der Waals surface area contributed by atoms with Crippen LogP contribution in [0.25, 0.3) is 11.5 Å². The molecule has 20 heavy (non-hydrogen) atoms. The summed E-state index contributed by atoms with van der Waals surface area (Å²) >= 11 is 0. The smallest absolute Gasteiger partial charge is 0.236 e. The highest BCUT2D eigenvalue weighted by Gasteiger charge is 2.53. The van der Waals surface area contributed by atoms with Gasteiger partial charge in [0.05, 0.1) is 23.9 Å². The van der Waals surface area contributed by atoms with Gasteiger partial charge < -0.3 is 20.0 Å². The number of furan rings is 1. The van der Waals surface area contributed by atoms with Gasteiger partial charge in [0, 0.05) is 6.07 Å². The van der Waals surface area contributed by atoms with Gasteiger partial charge in [-0.3, -0.25) is 9.59 Å². The first-order valence-electron chi connectivity index (χ1n) is 6.19. The molecule has 1 aliphatic carbocycles. The first kappa shape index (κ1) is 12.5. The molecule has 0 radical (unpaired) electrons. The van der Waals surface area contributed by atoms with E-state index in [-0.39, 0.29) is 12.5 Å². The minimum atomic E-state index is -0.705. The number of hydrogen-bond acceptors (Lipinski definition) is 5. The van der Waals surface area contributed by atoms with Gasteiger partial charge in [-0.05, 0) is 25.0 Å². The molecule has 0 aromatic carbocycles. The zero-order valence-corrected chi connectivity index (χ0v) is 10.6. The summed E-state index contributed by atoms with van der Waals surface area (Å²) in [6.07, 6.45) is 2.87. The molecule has 0 spiro atoms. The molecule has 104 valence electrons. The second kappa shape index (κ2) is 4.52. The highest BCUT2D eigenvalue weighted by Crippen LogP contribution is 2.48. The number of aromatic nitrogens is 1. The second-order valence-corrected chi connectivity index (χ2v) is 4.78. The van der Waals surface area contributed by atoms with Gasteiger partial charge in [-0.2, -0.15) is 0 Å². The van der Waals surface area contributed by atoms with Crippen molar-refractivity contribution in [3.05, 3.63) is 30.2 Å². The third-order valence-corrected chi connectivity index (χ3v) is 3.37. The predicted molar refractivity (Wildman–Crippen MR) is 67.3 cm³/mol. The van der Waals surface area contributed by atoms with Crippen LogP contribution in [0.2, 0.25) is 0 Å². The summed E-state index contributed by atoms with van der Waals surface area (Å²) in [6, 6.07) is 5.18. The average molecular weight is 275 g/mol. The molecule has 7 nitrogen and oxygen atoms in total. The van der Waals surface area contributed by atoms with Gasteiger partial charge in [0.1, 0.15) is 0 Å². The largest absolute Gasteiger partial charge is 0.461 e. The third-order valence-electron chi connectivity index (χ3n) is 3.37. The Balaban J connectivity index is 1.79. The van der Waals surface area contributed by atoms with Crippen LogP contribution in [0.15, 0.2) is 33.4 Å². The number of carbonyl (C=O) groups is 2. The van der Waals surface area contributed by atoms with Crippen molar-refractivity contribution in [3.8, 4) is 11.5 Å². The summed E-state index contributed by atoms with van der Waals surface area (Å²) < 4.78 is 10.4. The van der Waals surface area contributed by atoms with E-state index in [1.807, 2.05) is 0 Å². The number of nitrogens with one attached hydrogen (secondary N) is 1. The Morgan fingerprint density at radius 2 is 2.20 bits per heavy atom. The molecule has 3 rings (SSSR count). The maximum Gasteiger partial charge on any atom is 0.236 e. The number of nitrogens with two attached hydrogens (primary N) is 1. The van der Waals surface area contributed by atoms with Gasteiger partial charge >= 0.3 is 0 Å². The van der Waals surface area contributed by atoms with Gasteiger partial charge in [-0.1, -0.05) is 5.16 Å². The van der Waals surface area contributed by atoms with E-state index in [4.69, 9.17) is 14.7 Å². The fourth-order valence-corrected chi connectivity index (χ4v) is 2.10. The SMILES string of the molecule is NC(=O)CNC(=O)C1(c2cc(-c3ccco3)on2)CC1. The van der Waals surface area contributed by atoms with Crippen LogP contribution in [-0.2, 0) is 15.0 Å². The second-order valence-electron chi connectivity index (χ2n) is 4.78. The Kier molecular flexibility index (Phi) is 2.81. The van der Waals surface area contributed by atoms with Gasteiger partial charge in [0.15, 0.2) is 5.76 Å². The number of carbonyl (C=O) groups excluding carboxylic acids is 2. The molecule has 0 aliphatic heterocycles. The monoisotopic (exact) mass is 275 g/mol. The van der Waals surface area contributed by atoms with Crippen molar-refractivity contribution in [2.75, 3.05) is 6.54 Å². The van der Waals surface area contributed by atoms with Crippen molar-refractivity contribution in [3.63, 3.8) is 0 Å². The predicted octanol–water partition coefficient (Wildman–Crippen LogP) is 0.568. The topological polar surface area (TPSA) is 111 Å². The molecular formula is C13H13N3O4. The van der Waals surface area contributed by atoms with E-state index < -0.39 is 11.3 Å². The molecule has 2 heterocycles. The Hall–Kier alpha value is -2.57. The summed E-state index contributed by atoms with van der Waals surface area (Å²) in [5, 5.41) is 6.45. The first-order chi connectivity index (χ1) is 9.62. The van der Waals surface area contributed by atoms with Crippen molar-refractivity contribution in [1.82, 2.24) is 10.5 Å². The molecule has 1 saturated carbocycles. The lowest BCUT2D eigenvalue weighted by molar-refractivity contribution is -0.126. The van der Waals surface area contributed by atoms with Crippen LogP contribution in [0.4, 0.5) is 0 Å². The van der Waals surface area contributed by atoms with Gasteiger partial charge in [-0.15, -0.1) is 0 Å². The van der Waals surface area contributed by atoms with Gasteiger partial charge in [-0.25, -0.2) is 0 Å². The molecule has 1 aliphatic rings. The maximum atomic E-state index is 12.1. The lowest BCUT2D eigenvalue weighted by Gasteiger charge is -2.10. The van der Waals surface area contributed by atoms with Crippen LogP contribution >= 0.6 is 0 Å². The van der Waals surface area contributed by atoms with E-state index in [9.17, 15) is 9.59 Å². The van der Waals surface area contributed by atoms with Crippen LogP contribution in [0.5, 0.6) is 0 Å². The number of nitrogens with zero attached hydrogens (tertiary/aromatic N) is 1. The van der Waals surface area contributed by atoms with Crippen molar-refractivity contribution >= 4 is 11.8 Å². The van der Waals surface area contributed by atoms with Crippen molar-refractivity contribution in [2.45, 2.75) is 18.3 Å². The van der Waals surface area contributed by atoms with Crippen molar-refractivity contribution in [2.24, 2.45) is 5.73 Å². The highest BCUT2D eigenvalue weighted by atomic mass is 16.5. The Morgan fingerprint density at radius 3 is 2.80 bits per heavy atom. The zero-order chi connectivity index (χ0) is 14.2. The summed E-state index contributed by atoms with van der Waals surface area (Å²) in [6.45, 7) is -0.177. The fraction of sp³-hybridized carbons (Fsp3) is 0.308. The minimum absolute atomic E-state index is 0.177. The molecule has 3 N–H and O–H groups in total. The third kappa shape index (κ3) is 2.07. The summed E-state index contributed by atoms with van der Waals surface area (Å²) in [5.41, 5.74) is 4.85. The quantitative estimate of drug-likeness (QED) is 0.828. The van der Waals surface area contributed by atoms with Crippen LogP contribution < -0.4 is 11.1 Å². The first-order valence-corrected chi connectivity index (χ1v) is 6.19. The standard InChI is InChI=1S/C13H13N3O4/c14-11(17)7-15-12(18)13(3-4-13)10-6-9(20-16-10)8-2-1-5-19-8/h1-2,5-6H,3-4,7H2,(H2,14,17)(H,15,18). The summed E-state index contributed by atoms with van der Waals surface area (Å²) in [4.78, 5) is 22.8. The molecule has 2 amide bonds. The average Bonchev–Trinajstić information content (AvgIpc) is 2.89. The minimum Gasteiger partial charge on any atom is -0.461 e. The molecule has 0 atom stereocenters.